The first-order valence-corrected chi connectivity index (χ1v) is 7.11. The fraction of sp³-hybridized carbons (Fsp3) is 0.800. The van der Waals surface area contributed by atoms with Crippen LogP contribution < -0.4 is 0 Å². The van der Waals surface area contributed by atoms with Crippen LogP contribution in [0.4, 0.5) is 0 Å². The summed E-state index contributed by atoms with van der Waals surface area (Å²) in [4.78, 5) is 2.34. The van der Waals surface area contributed by atoms with Gasteiger partial charge in [-0.3, -0.25) is 4.90 Å². The molecule has 0 saturated carbocycles. The first kappa shape index (κ1) is 14.5. The minimum atomic E-state index is -0.589. The van der Waals surface area contributed by atoms with Crippen molar-refractivity contribution in [2.45, 2.75) is 59.1 Å². The van der Waals surface area contributed by atoms with E-state index in [4.69, 9.17) is 4.52 Å². The quantitative estimate of drug-likeness (QED) is 0.914. The second kappa shape index (κ2) is 4.91. The third kappa shape index (κ3) is 3.00. The number of nitrogens with zero attached hydrogens (tertiary/aromatic N) is 2. The molecule has 1 fully saturated rings. The number of hydrogen-bond donors (Lipinski definition) is 1. The van der Waals surface area contributed by atoms with Crippen molar-refractivity contribution < 1.29 is 9.63 Å². The summed E-state index contributed by atoms with van der Waals surface area (Å²) < 4.78 is 5.39. The number of likely N-dealkylation sites (tertiary alicyclic amines) is 1. The SMILES string of the molecule is CC(C)c1cc(CN2CC[C@@](C)(O)C(C)(C)C2)on1. The van der Waals surface area contributed by atoms with Gasteiger partial charge in [0.15, 0.2) is 5.76 Å². The van der Waals surface area contributed by atoms with Gasteiger partial charge < -0.3 is 9.63 Å². The molecule has 0 amide bonds. The van der Waals surface area contributed by atoms with Gasteiger partial charge >= 0.3 is 0 Å². The Kier molecular flexibility index (Phi) is 3.76. The number of aliphatic hydroxyl groups is 1. The van der Waals surface area contributed by atoms with Gasteiger partial charge in [0.1, 0.15) is 0 Å². The lowest BCUT2D eigenvalue weighted by atomic mass is 9.71. The molecule has 1 atom stereocenters. The summed E-state index contributed by atoms with van der Waals surface area (Å²) in [7, 11) is 0. The number of aromatic nitrogens is 1. The van der Waals surface area contributed by atoms with Gasteiger partial charge in [-0.2, -0.15) is 0 Å². The van der Waals surface area contributed by atoms with Crippen molar-refractivity contribution in [2.75, 3.05) is 13.1 Å². The van der Waals surface area contributed by atoms with Gasteiger partial charge in [0.25, 0.3) is 0 Å². The second-order valence-electron chi connectivity index (χ2n) is 6.99. The summed E-state index contributed by atoms with van der Waals surface area (Å²) in [5.74, 6) is 1.32. The topological polar surface area (TPSA) is 49.5 Å². The largest absolute Gasteiger partial charge is 0.390 e. The Morgan fingerprint density at radius 2 is 2.11 bits per heavy atom. The third-order valence-corrected chi connectivity index (χ3v) is 4.54. The molecule has 0 unspecified atom stereocenters. The van der Waals surface area contributed by atoms with Crippen LogP contribution in [0.2, 0.25) is 0 Å². The van der Waals surface area contributed by atoms with E-state index in [1.165, 1.54) is 0 Å². The normalized spacial score (nSPS) is 27.9. The first-order chi connectivity index (χ1) is 8.71. The van der Waals surface area contributed by atoms with Crippen LogP contribution in [0.1, 0.15) is 58.4 Å². The van der Waals surface area contributed by atoms with Crippen molar-refractivity contribution in [1.29, 1.82) is 0 Å². The van der Waals surface area contributed by atoms with Gasteiger partial charge in [-0.1, -0.05) is 32.9 Å². The van der Waals surface area contributed by atoms with Crippen molar-refractivity contribution in [3.05, 3.63) is 17.5 Å². The second-order valence-corrected chi connectivity index (χ2v) is 6.99. The van der Waals surface area contributed by atoms with Crippen LogP contribution in [-0.2, 0) is 6.54 Å². The lowest BCUT2D eigenvalue weighted by Gasteiger charge is -2.48. The number of hydrogen-bond acceptors (Lipinski definition) is 4. The maximum Gasteiger partial charge on any atom is 0.150 e. The number of rotatable bonds is 3. The molecule has 1 aliphatic rings. The summed E-state index contributed by atoms with van der Waals surface area (Å²) in [6, 6.07) is 2.05. The molecule has 2 rings (SSSR count). The highest BCUT2D eigenvalue weighted by Crippen LogP contribution is 2.38. The van der Waals surface area contributed by atoms with Gasteiger partial charge in [-0.25, -0.2) is 0 Å². The average molecular weight is 266 g/mol. The summed E-state index contributed by atoms with van der Waals surface area (Å²) >= 11 is 0. The lowest BCUT2D eigenvalue weighted by Crippen LogP contribution is -2.55. The van der Waals surface area contributed by atoms with Gasteiger partial charge in [0.05, 0.1) is 17.8 Å². The highest BCUT2D eigenvalue weighted by atomic mass is 16.5. The van der Waals surface area contributed by atoms with Crippen LogP contribution in [0.25, 0.3) is 0 Å². The highest BCUT2D eigenvalue weighted by Gasteiger charge is 2.43. The fourth-order valence-electron chi connectivity index (χ4n) is 2.55. The smallest absolute Gasteiger partial charge is 0.150 e. The van der Waals surface area contributed by atoms with E-state index in [-0.39, 0.29) is 5.41 Å². The van der Waals surface area contributed by atoms with Crippen LogP contribution in [0.3, 0.4) is 0 Å². The van der Waals surface area contributed by atoms with Crippen LogP contribution >= 0.6 is 0 Å². The van der Waals surface area contributed by atoms with Crippen molar-refractivity contribution in [3.8, 4) is 0 Å². The Hall–Kier alpha value is -0.870. The van der Waals surface area contributed by atoms with Crippen LogP contribution in [0.5, 0.6) is 0 Å². The molecule has 1 aromatic heterocycles. The Balaban J connectivity index is 2.01. The molecule has 108 valence electrons. The highest BCUT2D eigenvalue weighted by molar-refractivity contribution is 5.09. The van der Waals surface area contributed by atoms with E-state index in [0.717, 1.165) is 37.5 Å². The van der Waals surface area contributed by atoms with Gasteiger partial charge in [0.2, 0.25) is 0 Å². The molecule has 1 saturated heterocycles. The standard InChI is InChI=1S/C15H26N2O2/c1-11(2)13-8-12(19-16-13)9-17-7-6-15(5,18)14(3,4)10-17/h8,11,18H,6-7,9-10H2,1-5H3/t15-/m1/s1. The Morgan fingerprint density at radius 1 is 1.42 bits per heavy atom. The molecule has 0 spiro atoms. The van der Waals surface area contributed by atoms with Crippen LogP contribution in [0, 0.1) is 5.41 Å². The number of piperidine rings is 1. The summed E-state index contributed by atoms with van der Waals surface area (Å²) in [5, 5.41) is 14.5. The molecule has 2 heterocycles. The lowest BCUT2D eigenvalue weighted by molar-refractivity contribution is -0.108. The zero-order valence-electron chi connectivity index (χ0n) is 12.7. The van der Waals surface area contributed by atoms with Gasteiger partial charge in [-0.15, -0.1) is 0 Å². The molecule has 4 nitrogen and oxygen atoms in total. The third-order valence-electron chi connectivity index (χ3n) is 4.54. The van der Waals surface area contributed by atoms with E-state index in [1.807, 2.05) is 13.0 Å². The van der Waals surface area contributed by atoms with E-state index >= 15 is 0 Å². The molecule has 0 radical (unpaired) electrons. The van der Waals surface area contributed by atoms with E-state index in [1.54, 1.807) is 0 Å². The molecular weight excluding hydrogens is 240 g/mol. The molecule has 19 heavy (non-hydrogen) atoms. The first-order valence-electron chi connectivity index (χ1n) is 7.11. The molecule has 0 bridgehead atoms. The van der Waals surface area contributed by atoms with E-state index in [2.05, 4.69) is 37.8 Å². The zero-order valence-corrected chi connectivity index (χ0v) is 12.7. The average Bonchev–Trinajstić information content (AvgIpc) is 2.72. The van der Waals surface area contributed by atoms with E-state index < -0.39 is 5.60 Å². The molecule has 1 N–H and O–H groups in total. The molecule has 0 aromatic carbocycles. The summed E-state index contributed by atoms with van der Waals surface area (Å²) in [6.45, 7) is 13.0. The van der Waals surface area contributed by atoms with Gasteiger partial charge in [0, 0.05) is 24.6 Å². The molecule has 1 aromatic rings. The summed E-state index contributed by atoms with van der Waals surface area (Å²) in [6.07, 6.45) is 0.797. The minimum absolute atomic E-state index is 0.105. The minimum Gasteiger partial charge on any atom is -0.390 e. The van der Waals surface area contributed by atoms with Crippen molar-refractivity contribution in [1.82, 2.24) is 10.1 Å². The molecule has 4 heteroatoms. The predicted molar refractivity (Wildman–Crippen MR) is 74.9 cm³/mol. The van der Waals surface area contributed by atoms with Crippen molar-refractivity contribution in [2.24, 2.45) is 5.41 Å². The van der Waals surface area contributed by atoms with Crippen molar-refractivity contribution in [3.63, 3.8) is 0 Å². The van der Waals surface area contributed by atoms with E-state index in [9.17, 15) is 5.11 Å². The Bertz CT molecular complexity index is 435. The Morgan fingerprint density at radius 3 is 2.63 bits per heavy atom. The van der Waals surface area contributed by atoms with Gasteiger partial charge in [-0.05, 0) is 19.3 Å². The van der Waals surface area contributed by atoms with Crippen LogP contribution in [0.15, 0.2) is 10.6 Å². The molecule has 0 aliphatic carbocycles. The maximum absolute atomic E-state index is 10.4. The predicted octanol–water partition coefficient (Wildman–Crippen LogP) is 2.78. The summed E-state index contributed by atoms with van der Waals surface area (Å²) in [5.41, 5.74) is 0.318. The zero-order chi connectivity index (χ0) is 14.3. The van der Waals surface area contributed by atoms with Crippen molar-refractivity contribution >= 4 is 0 Å². The monoisotopic (exact) mass is 266 g/mol. The maximum atomic E-state index is 10.4. The Labute approximate surface area is 115 Å². The molecular formula is C15H26N2O2. The fourth-order valence-corrected chi connectivity index (χ4v) is 2.55. The van der Waals surface area contributed by atoms with Crippen LogP contribution in [-0.4, -0.2) is 33.9 Å². The van der Waals surface area contributed by atoms with E-state index in [0.29, 0.717) is 5.92 Å². The molecule has 1 aliphatic heterocycles.